The number of hydrogen-bond acceptors (Lipinski definition) is 4. The van der Waals surface area contributed by atoms with Crippen LogP contribution in [0, 0.1) is 0 Å². The molecule has 1 aliphatic rings. The van der Waals surface area contributed by atoms with Crippen molar-refractivity contribution in [1.29, 1.82) is 0 Å². The first-order valence-corrected chi connectivity index (χ1v) is 8.35. The fourth-order valence-corrected chi connectivity index (χ4v) is 4.42. The number of nitrogens with zero attached hydrogens (tertiary/aromatic N) is 1. The highest BCUT2D eigenvalue weighted by Gasteiger charge is 2.35. The Hall–Kier alpha value is -1.02. The van der Waals surface area contributed by atoms with Crippen LogP contribution in [0.3, 0.4) is 0 Å². The van der Waals surface area contributed by atoms with Gasteiger partial charge in [0.25, 0.3) is 0 Å². The lowest BCUT2D eigenvalue weighted by atomic mass is 9.93. The average Bonchev–Trinajstić information content (AvgIpc) is 2.36. The molecular formula is C13H18N2O3S2. The number of nitrogens with two attached hydrogens (primary N) is 1. The fraction of sp³-hybridized carbons (Fsp3) is 0.462. The summed E-state index contributed by atoms with van der Waals surface area (Å²) in [5.74, 6) is 0. The molecule has 0 radical (unpaired) electrons. The minimum Gasteiger partial charge on any atom is -0.395 e. The van der Waals surface area contributed by atoms with Crippen LogP contribution in [-0.4, -0.2) is 42.0 Å². The van der Waals surface area contributed by atoms with E-state index in [1.54, 1.807) is 18.2 Å². The molecule has 1 fully saturated rings. The molecule has 1 aliphatic carbocycles. The predicted molar refractivity (Wildman–Crippen MR) is 80.9 cm³/mol. The minimum absolute atomic E-state index is 0.0356. The summed E-state index contributed by atoms with van der Waals surface area (Å²) < 4.78 is 26.9. The Kier molecular flexibility index (Phi) is 4.74. The van der Waals surface area contributed by atoms with Crippen molar-refractivity contribution >= 4 is 27.2 Å². The van der Waals surface area contributed by atoms with Crippen molar-refractivity contribution in [3.05, 3.63) is 29.8 Å². The van der Waals surface area contributed by atoms with E-state index >= 15 is 0 Å². The lowest BCUT2D eigenvalue weighted by Gasteiger charge is -2.36. The number of aliphatic hydroxyl groups is 1. The van der Waals surface area contributed by atoms with Crippen molar-refractivity contribution in [2.24, 2.45) is 5.73 Å². The first kappa shape index (κ1) is 15.4. The third kappa shape index (κ3) is 2.85. The molecule has 1 saturated carbocycles. The van der Waals surface area contributed by atoms with E-state index in [9.17, 15) is 8.42 Å². The molecule has 1 aromatic carbocycles. The van der Waals surface area contributed by atoms with E-state index in [0.29, 0.717) is 5.56 Å². The maximum Gasteiger partial charge on any atom is 0.244 e. The van der Waals surface area contributed by atoms with Gasteiger partial charge in [-0.15, -0.1) is 0 Å². The molecule has 0 heterocycles. The topological polar surface area (TPSA) is 83.6 Å². The maximum atomic E-state index is 12.8. The smallest absolute Gasteiger partial charge is 0.244 e. The summed E-state index contributed by atoms with van der Waals surface area (Å²) in [4.78, 5) is 0.176. The van der Waals surface area contributed by atoms with Crippen LogP contribution < -0.4 is 5.73 Å². The van der Waals surface area contributed by atoms with Crippen LogP contribution in [-0.2, 0) is 10.0 Å². The van der Waals surface area contributed by atoms with E-state index in [1.165, 1.54) is 10.4 Å². The third-order valence-corrected chi connectivity index (χ3v) is 5.77. The van der Waals surface area contributed by atoms with Crippen LogP contribution in [0.1, 0.15) is 24.8 Å². The van der Waals surface area contributed by atoms with Crippen molar-refractivity contribution < 1.29 is 13.5 Å². The van der Waals surface area contributed by atoms with Gasteiger partial charge in [-0.1, -0.05) is 36.8 Å². The van der Waals surface area contributed by atoms with Crippen molar-refractivity contribution in [1.82, 2.24) is 4.31 Å². The highest BCUT2D eigenvalue weighted by molar-refractivity contribution is 7.89. The van der Waals surface area contributed by atoms with Crippen LogP contribution in [0.4, 0.5) is 0 Å². The molecule has 0 saturated heterocycles. The molecule has 0 bridgehead atoms. The van der Waals surface area contributed by atoms with Gasteiger partial charge >= 0.3 is 0 Å². The van der Waals surface area contributed by atoms with Gasteiger partial charge in [-0.25, -0.2) is 8.42 Å². The van der Waals surface area contributed by atoms with E-state index in [-0.39, 0.29) is 29.1 Å². The zero-order chi connectivity index (χ0) is 14.8. The van der Waals surface area contributed by atoms with Gasteiger partial charge in [-0.05, 0) is 18.9 Å². The molecule has 0 aliphatic heterocycles. The summed E-state index contributed by atoms with van der Waals surface area (Å²) in [6.45, 7) is -0.108. The van der Waals surface area contributed by atoms with Crippen LogP contribution in [0.25, 0.3) is 0 Å². The van der Waals surface area contributed by atoms with Crippen LogP contribution in [0.2, 0.25) is 0 Å². The van der Waals surface area contributed by atoms with E-state index in [4.69, 9.17) is 23.1 Å². The molecule has 0 aromatic heterocycles. The molecule has 0 amide bonds. The number of sulfonamides is 1. The summed E-state index contributed by atoms with van der Waals surface area (Å²) in [5, 5.41) is 9.14. The molecule has 7 heteroatoms. The first-order valence-electron chi connectivity index (χ1n) is 6.50. The van der Waals surface area contributed by atoms with Crippen molar-refractivity contribution in [2.75, 3.05) is 13.2 Å². The Bertz CT molecular complexity index is 597. The number of thiocarbonyl (C=S) groups is 1. The molecule has 5 nitrogen and oxygen atoms in total. The average molecular weight is 314 g/mol. The number of rotatable bonds is 6. The highest BCUT2D eigenvalue weighted by Crippen LogP contribution is 2.30. The molecular weight excluding hydrogens is 296 g/mol. The minimum atomic E-state index is -3.69. The Morgan fingerprint density at radius 3 is 2.55 bits per heavy atom. The van der Waals surface area contributed by atoms with Gasteiger partial charge in [0.05, 0.1) is 11.5 Å². The van der Waals surface area contributed by atoms with Crippen molar-refractivity contribution in [3.8, 4) is 0 Å². The Balaban J connectivity index is 2.44. The van der Waals surface area contributed by atoms with Crippen LogP contribution in [0.5, 0.6) is 0 Å². The Morgan fingerprint density at radius 2 is 2.05 bits per heavy atom. The number of hydrogen-bond donors (Lipinski definition) is 2. The molecule has 20 heavy (non-hydrogen) atoms. The van der Waals surface area contributed by atoms with E-state index in [2.05, 4.69) is 0 Å². The monoisotopic (exact) mass is 314 g/mol. The maximum absolute atomic E-state index is 12.8. The summed E-state index contributed by atoms with van der Waals surface area (Å²) in [6.07, 6.45) is 2.67. The molecule has 3 N–H and O–H groups in total. The van der Waals surface area contributed by atoms with Gasteiger partial charge in [0, 0.05) is 18.2 Å². The highest BCUT2D eigenvalue weighted by atomic mass is 32.2. The zero-order valence-corrected chi connectivity index (χ0v) is 12.7. The standard InChI is InChI=1S/C13H18N2O3S2/c14-13(19)11-6-1-2-7-12(11)20(17,18)15(8-9-16)10-4-3-5-10/h1-2,6-7,10,16H,3-5,8-9H2,(H2,14,19). The van der Waals surface area contributed by atoms with Gasteiger partial charge in [-0.2, -0.15) is 4.31 Å². The first-order chi connectivity index (χ1) is 9.48. The van der Waals surface area contributed by atoms with Crippen molar-refractivity contribution in [3.63, 3.8) is 0 Å². The zero-order valence-electron chi connectivity index (χ0n) is 11.0. The Morgan fingerprint density at radius 1 is 1.40 bits per heavy atom. The second kappa shape index (κ2) is 6.17. The second-order valence-corrected chi connectivity index (χ2v) is 7.08. The SMILES string of the molecule is NC(=S)c1ccccc1S(=O)(=O)N(CCO)C1CCC1. The lowest BCUT2D eigenvalue weighted by Crippen LogP contribution is -2.45. The largest absolute Gasteiger partial charge is 0.395 e. The fourth-order valence-electron chi connectivity index (χ4n) is 2.29. The Labute approximate surface area is 124 Å². The summed E-state index contributed by atoms with van der Waals surface area (Å²) in [7, 11) is -3.69. The van der Waals surface area contributed by atoms with Gasteiger partial charge in [0.1, 0.15) is 4.99 Å². The van der Waals surface area contributed by atoms with E-state index < -0.39 is 10.0 Å². The molecule has 0 unspecified atom stereocenters. The predicted octanol–water partition coefficient (Wildman–Crippen LogP) is 0.856. The molecule has 110 valence electrons. The van der Waals surface area contributed by atoms with Gasteiger partial charge in [0.15, 0.2) is 0 Å². The molecule has 0 spiro atoms. The quantitative estimate of drug-likeness (QED) is 0.761. The normalized spacial score (nSPS) is 16.1. The van der Waals surface area contributed by atoms with Crippen molar-refractivity contribution in [2.45, 2.75) is 30.2 Å². The summed E-state index contributed by atoms with van der Waals surface area (Å²) >= 11 is 4.92. The second-order valence-electron chi connectivity index (χ2n) is 4.78. The summed E-state index contributed by atoms with van der Waals surface area (Å²) in [5.41, 5.74) is 5.96. The molecule has 1 aromatic rings. The van der Waals surface area contributed by atoms with Crippen LogP contribution >= 0.6 is 12.2 Å². The van der Waals surface area contributed by atoms with Gasteiger partial charge < -0.3 is 10.8 Å². The lowest BCUT2D eigenvalue weighted by molar-refractivity contribution is 0.178. The third-order valence-electron chi connectivity index (χ3n) is 3.54. The van der Waals surface area contributed by atoms with Gasteiger partial charge in [0.2, 0.25) is 10.0 Å². The van der Waals surface area contributed by atoms with Gasteiger partial charge in [-0.3, -0.25) is 0 Å². The molecule has 0 atom stereocenters. The van der Waals surface area contributed by atoms with E-state index in [1.807, 2.05) is 0 Å². The van der Waals surface area contributed by atoms with Crippen LogP contribution in [0.15, 0.2) is 29.2 Å². The number of benzene rings is 1. The summed E-state index contributed by atoms with van der Waals surface area (Å²) in [6, 6.07) is 6.42. The number of aliphatic hydroxyl groups excluding tert-OH is 1. The molecule has 2 rings (SSSR count). The van der Waals surface area contributed by atoms with E-state index in [0.717, 1.165) is 19.3 Å².